The van der Waals surface area contributed by atoms with E-state index >= 15 is 0 Å². The van der Waals surface area contributed by atoms with Gasteiger partial charge in [-0.15, -0.1) is 0 Å². The number of carbonyl (C=O) groups excluding carboxylic acids is 2. The largest absolute Gasteiger partial charge is 0.497 e. The quantitative estimate of drug-likeness (QED) is 0.522. The van der Waals surface area contributed by atoms with E-state index in [9.17, 15) is 9.59 Å². The minimum absolute atomic E-state index is 0.0418. The molecule has 1 aliphatic heterocycles. The zero-order valence-corrected chi connectivity index (χ0v) is 20.0. The van der Waals surface area contributed by atoms with E-state index in [0.29, 0.717) is 31.1 Å². The number of hydrogen-bond donors (Lipinski definition) is 1. The van der Waals surface area contributed by atoms with Gasteiger partial charge >= 0.3 is 6.03 Å². The van der Waals surface area contributed by atoms with E-state index in [-0.39, 0.29) is 18.4 Å². The molecular formula is C28H31N3O3. The molecule has 4 rings (SSSR count). The van der Waals surface area contributed by atoms with Crippen molar-refractivity contribution in [2.45, 2.75) is 33.2 Å². The van der Waals surface area contributed by atoms with Crippen LogP contribution in [0.4, 0.5) is 16.2 Å². The molecule has 0 saturated carbocycles. The Kier molecular flexibility index (Phi) is 7.16. The van der Waals surface area contributed by atoms with Crippen molar-refractivity contribution in [3.05, 3.63) is 89.0 Å². The molecule has 0 aromatic heterocycles. The molecule has 0 spiro atoms. The summed E-state index contributed by atoms with van der Waals surface area (Å²) in [5.41, 5.74) is 5.74. The number of nitrogens with one attached hydrogen (secondary N) is 1. The first kappa shape index (κ1) is 23.4. The predicted molar refractivity (Wildman–Crippen MR) is 135 cm³/mol. The highest BCUT2D eigenvalue weighted by Gasteiger charge is 2.28. The second-order valence-electron chi connectivity index (χ2n) is 8.80. The maximum Gasteiger partial charge on any atom is 0.324 e. The van der Waals surface area contributed by atoms with Crippen LogP contribution in [0.25, 0.3) is 0 Å². The van der Waals surface area contributed by atoms with Crippen LogP contribution in [0.2, 0.25) is 0 Å². The number of carbonyl (C=O) groups is 2. The number of amides is 3. The molecule has 1 N–H and O–H groups in total. The molecule has 1 aliphatic rings. The summed E-state index contributed by atoms with van der Waals surface area (Å²) in [7, 11) is 1.61. The van der Waals surface area contributed by atoms with Crippen LogP contribution in [0.15, 0.2) is 66.7 Å². The van der Waals surface area contributed by atoms with Gasteiger partial charge in [0, 0.05) is 19.6 Å². The molecule has 3 amide bonds. The van der Waals surface area contributed by atoms with Gasteiger partial charge in [-0.3, -0.25) is 9.69 Å². The average molecular weight is 458 g/mol. The Balaban J connectivity index is 1.49. The van der Waals surface area contributed by atoms with Crippen LogP contribution in [0.1, 0.15) is 28.7 Å². The summed E-state index contributed by atoms with van der Waals surface area (Å²) in [6.45, 7) is 6.05. The summed E-state index contributed by atoms with van der Waals surface area (Å²) in [6, 6.07) is 21.3. The van der Waals surface area contributed by atoms with Gasteiger partial charge in [0.25, 0.3) is 0 Å². The van der Waals surface area contributed by atoms with E-state index in [4.69, 9.17) is 4.74 Å². The maximum atomic E-state index is 13.4. The molecule has 1 fully saturated rings. The third-order valence-corrected chi connectivity index (χ3v) is 5.93. The lowest BCUT2D eigenvalue weighted by Gasteiger charge is -2.36. The summed E-state index contributed by atoms with van der Waals surface area (Å²) in [5, 5.41) is 3.00. The fourth-order valence-electron chi connectivity index (χ4n) is 4.51. The van der Waals surface area contributed by atoms with Crippen molar-refractivity contribution in [1.82, 2.24) is 4.90 Å². The van der Waals surface area contributed by atoms with Crippen LogP contribution in [0, 0.1) is 13.8 Å². The number of para-hydroxylation sites is 2. The fraction of sp³-hybridized carbons (Fsp3) is 0.286. The highest BCUT2D eigenvalue weighted by atomic mass is 16.5. The molecule has 0 unspecified atom stereocenters. The number of anilines is 2. The van der Waals surface area contributed by atoms with Crippen molar-refractivity contribution in [1.29, 1.82) is 0 Å². The second kappa shape index (κ2) is 10.4. The number of ether oxygens (including phenoxy) is 1. The number of urea groups is 1. The molecule has 6 nitrogen and oxygen atoms in total. The highest BCUT2D eigenvalue weighted by molar-refractivity contribution is 6.01. The van der Waals surface area contributed by atoms with Crippen molar-refractivity contribution < 1.29 is 14.3 Å². The van der Waals surface area contributed by atoms with Crippen LogP contribution < -0.4 is 15.0 Å². The van der Waals surface area contributed by atoms with Crippen LogP contribution in [-0.4, -0.2) is 37.0 Å². The highest BCUT2D eigenvalue weighted by Crippen LogP contribution is 2.29. The van der Waals surface area contributed by atoms with Crippen LogP contribution in [0.5, 0.6) is 5.75 Å². The summed E-state index contributed by atoms with van der Waals surface area (Å²) in [6.07, 6.45) is 1.08. The molecule has 0 bridgehead atoms. The smallest absolute Gasteiger partial charge is 0.324 e. The molecule has 0 aliphatic carbocycles. The Morgan fingerprint density at radius 1 is 0.941 bits per heavy atom. The Hall–Kier alpha value is -3.80. The zero-order valence-electron chi connectivity index (χ0n) is 20.0. The number of rotatable bonds is 7. The molecule has 0 atom stereocenters. The van der Waals surface area contributed by atoms with Gasteiger partial charge in [-0.2, -0.15) is 0 Å². The van der Waals surface area contributed by atoms with Gasteiger partial charge in [0.15, 0.2) is 0 Å². The maximum absolute atomic E-state index is 13.4. The van der Waals surface area contributed by atoms with E-state index in [2.05, 4.69) is 37.4 Å². The first-order chi connectivity index (χ1) is 16.4. The molecule has 34 heavy (non-hydrogen) atoms. The molecule has 3 aromatic rings. The fourth-order valence-corrected chi connectivity index (χ4v) is 4.51. The lowest BCUT2D eigenvalue weighted by molar-refractivity contribution is -0.115. The molecule has 0 radical (unpaired) electrons. The van der Waals surface area contributed by atoms with Crippen molar-refractivity contribution in [2.24, 2.45) is 0 Å². The zero-order chi connectivity index (χ0) is 24.1. The van der Waals surface area contributed by atoms with Crippen LogP contribution in [-0.2, 0) is 17.8 Å². The number of benzene rings is 3. The number of nitrogens with zero attached hydrogens (tertiary/aromatic N) is 2. The van der Waals surface area contributed by atoms with Gasteiger partial charge in [0.1, 0.15) is 5.75 Å². The van der Waals surface area contributed by atoms with Crippen molar-refractivity contribution >= 4 is 23.3 Å². The number of aryl methyl sites for hydroxylation is 2. The standard InChI is InChI=1S/C28H31N3O3/c1-20-14-21(2)16-23(15-20)19-30-12-7-13-31(28(30)33)26-11-5-4-10-25(26)29-27(32)18-22-8-6-9-24(17-22)34-3/h4-6,8-11,14-17H,7,12-13,18-19H2,1-3H3,(H,29,32). The predicted octanol–water partition coefficient (Wildman–Crippen LogP) is 5.33. The molecule has 6 heteroatoms. The van der Waals surface area contributed by atoms with Gasteiger partial charge in [-0.25, -0.2) is 4.79 Å². The van der Waals surface area contributed by atoms with Gasteiger partial charge in [0.05, 0.1) is 24.9 Å². The van der Waals surface area contributed by atoms with E-state index in [1.54, 1.807) is 12.0 Å². The van der Waals surface area contributed by atoms with Crippen molar-refractivity contribution in [3.63, 3.8) is 0 Å². The van der Waals surface area contributed by atoms with Crippen molar-refractivity contribution in [2.75, 3.05) is 30.4 Å². The summed E-state index contributed by atoms with van der Waals surface area (Å²) in [5.74, 6) is 0.575. The Morgan fingerprint density at radius 2 is 1.71 bits per heavy atom. The van der Waals surface area contributed by atoms with E-state index in [0.717, 1.165) is 23.2 Å². The third-order valence-electron chi connectivity index (χ3n) is 5.93. The van der Waals surface area contributed by atoms with Gasteiger partial charge in [-0.1, -0.05) is 53.6 Å². The van der Waals surface area contributed by atoms with E-state index < -0.39 is 0 Å². The topological polar surface area (TPSA) is 61.9 Å². The minimum Gasteiger partial charge on any atom is -0.497 e. The molecule has 1 saturated heterocycles. The van der Waals surface area contributed by atoms with Gasteiger partial charge < -0.3 is 15.0 Å². The summed E-state index contributed by atoms with van der Waals surface area (Å²) in [4.78, 5) is 29.9. The van der Waals surface area contributed by atoms with Gasteiger partial charge in [0.2, 0.25) is 5.91 Å². The Morgan fingerprint density at radius 3 is 2.47 bits per heavy atom. The van der Waals surface area contributed by atoms with Crippen LogP contribution >= 0.6 is 0 Å². The van der Waals surface area contributed by atoms with E-state index in [1.807, 2.05) is 53.4 Å². The SMILES string of the molecule is COc1cccc(CC(=O)Nc2ccccc2N2CCCN(Cc3cc(C)cc(C)c3)C2=O)c1. The first-order valence-corrected chi connectivity index (χ1v) is 11.6. The number of methoxy groups -OCH3 is 1. The average Bonchev–Trinajstić information content (AvgIpc) is 2.80. The molecule has 176 valence electrons. The normalized spacial score (nSPS) is 13.7. The van der Waals surface area contributed by atoms with Crippen molar-refractivity contribution in [3.8, 4) is 5.75 Å². The molecular weight excluding hydrogens is 426 g/mol. The minimum atomic E-state index is -0.141. The first-order valence-electron chi connectivity index (χ1n) is 11.6. The summed E-state index contributed by atoms with van der Waals surface area (Å²) < 4.78 is 5.25. The third kappa shape index (κ3) is 5.57. The number of hydrogen-bond acceptors (Lipinski definition) is 3. The Labute approximate surface area is 201 Å². The van der Waals surface area contributed by atoms with E-state index in [1.165, 1.54) is 11.1 Å². The lowest BCUT2D eigenvalue weighted by atomic mass is 10.1. The monoisotopic (exact) mass is 457 g/mol. The van der Waals surface area contributed by atoms with Gasteiger partial charge in [-0.05, 0) is 55.7 Å². The Bertz CT molecular complexity index is 1170. The lowest BCUT2D eigenvalue weighted by Crippen LogP contribution is -2.49. The molecule has 1 heterocycles. The second-order valence-corrected chi connectivity index (χ2v) is 8.80. The molecule has 3 aromatic carbocycles. The van der Waals surface area contributed by atoms with Crippen LogP contribution in [0.3, 0.4) is 0 Å². The summed E-state index contributed by atoms with van der Waals surface area (Å²) >= 11 is 0.